The molecule has 1 rings (SSSR count). The Morgan fingerprint density at radius 2 is 2.11 bits per heavy atom. The first-order valence-electron chi connectivity index (χ1n) is 7.09. The average molecular weight is 266 g/mol. The summed E-state index contributed by atoms with van der Waals surface area (Å²) >= 11 is 0. The van der Waals surface area contributed by atoms with E-state index in [1.807, 2.05) is 13.8 Å². The molecule has 5 heteroatoms. The molecule has 1 aliphatic rings. The van der Waals surface area contributed by atoms with Gasteiger partial charge in [0.15, 0.2) is 0 Å². The van der Waals surface area contributed by atoms with Gasteiger partial charge >= 0.3 is 0 Å². The number of carbonyl (C=O) groups is 1. The SMILES string of the molecule is CC(C)(C#N)CCCN(CC(N)=O)C1CCNCC1. The number of nitrogens with zero attached hydrogens (tertiary/aromatic N) is 2. The van der Waals surface area contributed by atoms with Gasteiger partial charge < -0.3 is 11.1 Å². The minimum atomic E-state index is -0.285. The molecule has 0 bridgehead atoms. The zero-order chi connectivity index (χ0) is 14.3. The summed E-state index contributed by atoms with van der Waals surface area (Å²) in [5.41, 5.74) is 5.05. The molecule has 0 atom stereocenters. The van der Waals surface area contributed by atoms with Gasteiger partial charge in [-0.05, 0) is 59.2 Å². The summed E-state index contributed by atoms with van der Waals surface area (Å²) in [5, 5.41) is 12.3. The number of piperidine rings is 1. The van der Waals surface area contributed by atoms with Gasteiger partial charge in [0, 0.05) is 6.04 Å². The molecule has 5 nitrogen and oxygen atoms in total. The van der Waals surface area contributed by atoms with Crippen LogP contribution in [0.1, 0.15) is 39.5 Å². The molecule has 0 aromatic rings. The summed E-state index contributed by atoms with van der Waals surface area (Å²) in [6.07, 6.45) is 3.91. The largest absolute Gasteiger partial charge is 0.369 e. The zero-order valence-electron chi connectivity index (χ0n) is 12.1. The van der Waals surface area contributed by atoms with Gasteiger partial charge in [0.2, 0.25) is 5.91 Å². The number of primary amides is 1. The van der Waals surface area contributed by atoms with Crippen LogP contribution in [0.3, 0.4) is 0 Å². The Labute approximate surface area is 116 Å². The third kappa shape index (κ3) is 6.04. The quantitative estimate of drug-likeness (QED) is 0.716. The highest BCUT2D eigenvalue weighted by Crippen LogP contribution is 2.21. The van der Waals surface area contributed by atoms with E-state index in [-0.39, 0.29) is 11.3 Å². The molecule has 19 heavy (non-hydrogen) atoms. The zero-order valence-corrected chi connectivity index (χ0v) is 12.1. The van der Waals surface area contributed by atoms with E-state index in [1.54, 1.807) is 0 Å². The second kappa shape index (κ2) is 7.46. The van der Waals surface area contributed by atoms with Gasteiger partial charge in [0.1, 0.15) is 0 Å². The molecule has 0 spiro atoms. The van der Waals surface area contributed by atoms with Crippen LogP contribution < -0.4 is 11.1 Å². The topological polar surface area (TPSA) is 82.2 Å². The maximum absolute atomic E-state index is 11.2. The van der Waals surface area contributed by atoms with Crippen molar-refractivity contribution in [3.05, 3.63) is 0 Å². The van der Waals surface area contributed by atoms with Crippen LogP contribution in [-0.2, 0) is 4.79 Å². The number of carbonyl (C=O) groups excluding carboxylic acids is 1. The van der Waals surface area contributed by atoms with Crippen molar-refractivity contribution in [2.75, 3.05) is 26.2 Å². The van der Waals surface area contributed by atoms with Gasteiger partial charge in [-0.3, -0.25) is 9.69 Å². The molecular formula is C14H26N4O. The van der Waals surface area contributed by atoms with E-state index in [4.69, 9.17) is 11.0 Å². The van der Waals surface area contributed by atoms with E-state index in [1.165, 1.54) is 0 Å². The Kier molecular flexibility index (Phi) is 6.26. The molecule has 1 aliphatic heterocycles. The number of nitrogens with one attached hydrogen (secondary N) is 1. The second-order valence-corrected chi connectivity index (χ2v) is 6.02. The first kappa shape index (κ1) is 15.9. The van der Waals surface area contributed by atoms with Crippen LogP contribution in [0.4, 0.5) is 0 Å². The standard InChI is InChI=1S/C14H26N4O/c1-14(2,11-15)6-3-9-18(10-13(16)19)12-4-7-17-8-5-12/h12,17H,3-10H2,1-2H3,(H2,16,19). The summed E-state index contributed by atoms with van der Waals surface area (Å²) in [4.78, 5) is 13.4. The smallest absolute Gasteiger partial charge is 0.231 e. The number of nitriles is 1. The van der Waals surface area contributed by atoms with E-state index in [9.17, 15) is 4.79 Å². The van der Waals surface area contributed by atoms with Gasteiger partial charge in [-0.25, -0.2) is 0 Å². The number of rotatable bonds is 7. The van der Waals surface area contributed by atoms with Gasteiger partial charge in [0.05, 0.1) is 18.0 Å². The van der Waals surface area contributed by atoms with Crippen molar-refractivity contribution in [3.63, 3.8) is 0 Å². The lowest BCUT2D eigenvalue weighted by Crippen LogP contribution is -2.46. The monoisotopic (exact) mass is 266 g/mol. The third-order valence-electron chi connectivity index (χ3n) is 3.73. The molecule has 1 saturated heterocycles. The third-order valence-corrected chi connectivity index (χ3v) is 3.73. The average Bonchev–Trinajstić information content (AvgIpc) is 2.38. The highest BCUT2D eigenvalue weighted by atomic mass is 16.1. The molecule has 0 aliphatic carbocycles. The van der Waals surface area contributed by atoms with Crippen LogP contribution in [0.15, 0.2) is 0 Å². The molecule has 0 aromatic heterocycles. The summed E-state index contributed by atoms with van der Waals surface area (Å²) in [6.45, 7) is 7.09. The molecule has 108 valence electrons. The molecular weight excluding hydrogens is 240 g/mol. The van der Waals surface area contributed by atoms with Crippen molar-refractivity contribution in [2.24, 2.45) is 11.1 Å². The molecule has 0 radical (unpaired) electrons. The van der Waals surface area contributed by atoms with Crippen LogP contribution in [0.2, 0.25) is 0 Å². The van der Waals surface area contributed by atoms with Gasteiger partial charge in [-0.15, -0.1) is 0 Å². The minimum absolute atomic E-state index is 0.266. The number of nitrogens with two attached hydrogens (primary N) is 1. The predicted molar refractivity (Wildman–Crippen MR) is 75.3 cm³/mol. The fraction of sp³-hybridized carbons (Fsp3) is 0.857. The summed E-state index contributed by atoms with van der Waals surface area (Å²) < 4.78 is 0. The molecule has 0 unspecified atom stereocenters. The van der Waals surface area contributed by atoms with E-state index in [0.29, 0.717) is 12.6 Å². The maximum atomic E-state index is 11.2. The van der Waals surface area contributed by atoms with Crippen molar-refractivity contribution < 1.29 is 4.79 Å². The number of hydrogen-bond donors (Lipinski definition) is 2. The van der Waals surface area contributed by atoms with E-state index >= 15 is 0 Å². The van der Waals surface area contributed by atoms with E-state index in [2.05, 4.69) is 16.3 Å². The van der Waals surface area contributed by atoms with Crippen molar-refractivity contribution in [1.82, 2.24) is 10.2 Å². The number of amides is 1. The fourth-order valence-electron chi connectivity index (χ4n) is 2.54. The van der Waals surface area contributed by atoms with Crippen molar-refractivity contribution >= 4 is 5.91 Å². The van der Waals surface area contributed by atoms with Crippen LogP contribution >= 0.6 is 0 Å². The van der Waals surface area contributed by atoms with Crippen molar-refractivity contribution in [1.29, 1.82) is 5.26 Å². The van der Waals surface area contributed by atoms with Crippen LogP contribution in [0.5, 0.6) is 0 Å². The summed E-state index contributed by atoms with van der Waals surface area (Å²) in [5.74, 6) is -0.266. The first-order valence-corrected chi connectivity index (χ1v) is 7.09. The van der Waals surface area contributed by atoms with Crippen LogP contribution in [0.25, 0.3) is 0 Å². The van der Waals surface area contributed by atoms with Gasteiger partial charge in [0.25, 0.3) is 0 Å². The Balaban J connectivity index is 2.45. The number of hydrogen-bond acceptors (Lipinski definition) is 4. The molecule has 0 saturated carbocycles. The minimum Gasteiger partial charge on any atom is -0.369 e. The molecule has 3 N–H and O–H groups in total. The predicted octanol–water partition coefficient (Wildman–Crippen LogP) is 0.856. The van der Waals surface area contributed by atoms with Gasteiger partial charge in [-0.2, -0.15) is 5.26 Å². The Hall–Kier alpha value is -1.12. The maximum Gasteiger partial charge on any atom is 0.231 e. The highest BCUT2D eigenvalue weighted by Gasteiger charge is 2.23. The van der Waals surface area contributed by atoms with Gasteiger partial charge in [-0.1, -0.05) is 0 Å². The van der Waals surface area contributed by atoms with E-state index in [0.717, 1.165) is 45.3 Å². The van der Waals surface area contributed by atoms with Crippen molar-refractivity contribution in [3.8, 4) is 6.07 Å². The lowest BCUT2D eigenvalue weighted by Gasteiger charge is -2.34. The van der Waals surface area contributed by atoms with E-state index < -0.39 is 0 Å². The fourth-order valence-corrected chi connectivity index (χ4v) is 2.54. The molecule has 0 aromatic carbocycles. The Morgan fingerprint density at radius 1 is 1.47 bits per heavy atom. The highest BCUT2D eigenvalue weighted by molar-refractivity contribution is 5.75. The Morgan fingerprint density at radius 3 is 2.63 bits per heavy atom. The first-order chi connectivity index (χ1) is 8.94. The lowest BCUT2D eigenvalue weighted by atomic mass is 9.89. The molecule has 1 fully saturated rings. The second-order valence-electron chi connectivity index (χ2n) is 6.02. The normalized spacial score (nSPS) is 17.4. The summed E-state index contributed by atoms with van der Waals surface area (Å²) in [7, 11) is 0. The lowest BCUT2D eigenvalue weighted by molar-refractivity contribution is -0.119. The Bertz CT molecular complexity index is 329. The molecule has 1 heterocycles. The van der Waals surface area contributed by atoms with Crippen LogP contribution in [0, 0.1) is 16.7 Å². The van der Waals surface area contributed by atoms with Crippen LogP contribution in [-0.4, -0.2) is 43.0 Å². The summed E-state index contributed by atoms with van der Waals surface area (Å²) in [6, 6.07) is 2.76. The van der Waals surface area contributed by atoms with Crippen molar-refractivity contribution in [2.45, 2.75) is 45.6 Å². The molecule has 1 amide bonds.